The number of ether oxygens (including phenoxy) is 2. The fourth-order valence-corrected chi connectivity index (χ4v) is 3.02. The Labute approximate surface area is 152 Å². The smallest absolute Gasteiger partial charge is 0.347 e. The van der Waals surface area contributed by atoms with Gasteiger partial charge in [0.05, 0.1) is 12.2 Å². The molecule has 0 amide bonds. The van der Waals surface area contributed by atoms with Gasteiger partial charge < -0.3 is 9.47 Å². The topological polar surface area (TPSA) is 74.6 Å². The van der Waals surface area contributed by atoms with Crippen molar-refractivity contribution in [3.05, 3.63) is 76.5 Å². The highest BCUT2D eigenvalue weighted by molar-refractivity contribution is 6.04. The quantitative estimate of drug-likeness (QED) is 0.665. The van der Waals surface area contributed by atoms with E-state index in [4.69, 9.17) is 9.47 Å². The normalized spacial score (nSPS) is 16.3. The second-order valence-electron chi connectivity index (χ2n) is 6.09. The molecular weight excluding hydrogens is 353 g/mol. The van der Waals surface area contributed by atoms with Crippen molar-refractivity contribution in [2.24, 2.45) is 0 Å². The summed E-state index contributed by atoms with van der Waals surface area (Å²) in [7, 11) is 0. The Kier molecular flexibility index (Phi) is 4.19. The maximum absolute atomic E-state index is 13.2. The van der Waals surface area contributed by atoms with Gasteiger partial charge in [0.2, 0.25) is 6.10 Å². The molecule has 4 rings (SSSR count). The second kappa shape index (κ2) is 6.68. The molecular formula is C20H14FNO5. The molecule has 0 bridgehead atoms. The van der Waals surface area contributed by atoms with E-state index in [-0.39, 0.29) is 17.7 Å². The van der Waals surface area contributed by atoms with Crippen molar-refractivity contribution in [3.8, 4) is 5.69 Å². The number of halogens is 1. The zero-order chi connectivity index (χ0) is 19.0. The third-order valence-corrected chi connectivity index (χ3v) is 4.39. The van der Waals surface area contributed by atoms with Crippen LogP contribution in [0.1, 0.15) is 16.8 Å². The van der Waals surface area contributed by atoms with Crippen LogP contribution >= 0.6 is 0 Å². The fourth-order valence-electron chi connectivity index (χ4n) is 3.02. The minimum atomic E-state index is -0.956. The average Bonchev–Trinajstić information content (AvgIpc) is 3.08. The number of aromatic nitrogens is 1. The maximum Gasteiger partial charge on any atom is 0.347 e. The van der Waals surface area contributed by atoms with E-state index in [0.717, 1.165) is 0 Å². The van der Waals surface area contributed by atoms with Crippen molar-refractivity contribution < 1.29 is 23.5 Å². The molecule has 6 nitrogen and oxygen atoms in total. The van der Waals surface area contributed by atoms with Crippen LogP contribution in [0.25, 0.3) is 16.5 Å². The standard InChI is InChI=1S/C20H14FNO5/c21-12-5-7-13(8-6-12)22-11-16(14-3-1-2-4-15(14)18(22)23)19(24)27-17-9-10-26-20(17)25/h1-8,11,17H,9-10H2/t17-/m1/s1. The maximum atomic E-state index is 13.2. The Morgan fingerprint density at radius 3 is 2.44 bits per heavy atom. The molecule has 2 heterocycles. The van der Waals surface area contributed by atoms with E-state index >= 15 is 0 Å². The van der Waals surface area contributed by atoms with Crippen molar-refractivity contribution in [2.75, 3.05) is 6.61 Å². The van der Waals surface area contributed by atoms with Gasteiger partial charge in [-0.2, -0.15) is 0 Å². The number of hydrogen-bond donors (Lipinski definition) is 0. The third kappa shape index (κ3) is 3.08. The summed E-state index contributed by atoms with van der Waals surface area (Å²) in [6.45, 7) is 0.201. The van der Waals surface area contributed by atoms with E-state index in [2.05, 4.69) is 0 Å². The molecule has 27 heavy (non-hydrogen) atoms. The van der Waals surface area contributed by atoms with E-state index < -0.39 is 23.9 Å². The van der Waals surface area contributed by atoms with Gasteiger partial charge in [0.1, 0.15) is 5.82 Å². The molecule has 7 heteroatoms. The highest BCUT2D eigenvalue weighted by Gasteiger charge is 2.31. The number of cyclic esters (lactones) is 1. The predicted octanol–water partition coefficient (Wildman–Crippen LogP) is 2.60. The molecule has 2 aromatic carbocycles. The lowest BCUT2D eigenvalue weighted by atomic mass is 10.1. The SMILES string of the molecule is O=C(O[C@@H]1CCOC1=O)c1cn(-c2ccc(F)cc2)c(=O)c2ccccc12. The first kappa shape index (κ1) is 17.0. The summed E-state index contributed by atoms with van der Waals surface area (Å²) in [6, 6.07) is 11.9. The Balaban J connectivity index is 1.85. The Hall–Kier alpha value is -3.48. The molecule has 1 fully saturated rings. The van der Waals surface area contributed by atoms with Gasteiger partial charge in [-0.3, -0.25) is 9.36 Å². The molecule has 1 aliphatic heterocycles. The van der Waals surface area contributed by atoms with Crippen molar-refractivity contribution >= 4 is 22.7 Å². The Morgan fingerprint density at radius 2 is 1.78 bits per heavy atom. The van der Waals surface area contributed by atoms with Gasteiger partial charge >= 0.3 is 11.9 Å². The summed E-state index contributed by atoms with van der Waals surface area (Å²) in [5.41, 5.74) is 0.185. The van der Waals surface area contributed by atoms with Crippen LogP contribution in [0.3, 0.4) is 0 Å². The number of fused-ring (bicyclic) bond motifs is 1. The van der Waals surface area contributed by atoms with E-state index in [1.807, 2.05) is 0 Å². The van der Waals surface area contributed by atoms with Gasteiger partial charge in [-0.15, -0.1) is 0 Å². The number of nitrogens with zero attached hydrogens (tertiary/aromatic N) is 1. The van der Waals surface area contributed by atoms with E-state index in [0.29, 0.717) is 22.9 Å². The number of esters is 2. The van der Waals surface area contributed by atoms with Crippen molar-refractivity contribution in [3.63, 3.8) is 0 Å². The van der Waals surface area contributed by atoms with E-state index in [1.54, 1.807) is 24.3 Å². The summed E-state index contributed by atoms with van der Waals surface area (Å²) in [5.74, 6) is -1.75. The molecule has 0 radical (unpaired) electrons. The molecule has 0 unspecified atom stereocenters. The Bertz CT molecular complexity index is 1100. The lowest BCUT2D eigenvalue weighted by Gasteiger charge is -2.13. The highest BCUT2D eigenvalue weighted by Crippen LogP contribution is 2.21. The number of rotatable bonds is 3. The van der Waals surface area contributed by atoms with Gasteiger partial charge in [0.25, 0.3) is 5.56 Å². The van der Waals surface area contributed by atoms with Crippen LogP contribution in [-0.2, 0) is 14.3 Å². The summed E-state index contributed by atoms with van der Waals surface area (Å²) in [5, 5.41) is 0.725. The first-order valence-electron chi connectivity index (χ1n) is 8.32. The number of pyridine rings is 1. The lowest BCUT2D eigenvalue weighted by molar-refractivity contribution is -0.145. The largest absolute Gasteiger partial charge is 0.463 e. The van der Waals surface area contributed by atoms with Gasteiger partial charge in [0, 0.05) is 29.1 Å². The molecule has 136 valence electrons. The number of hydrogen-bond acceptors (Lipinski definition) is 5. The van der Waals surface area contributed by atoms with Crippen LogP contribution in [-0.4, -0.2) is 29.2 Å². The highest BCUT2D eigenvalue weighted by atomic mass is 19.1. The lowest BCUT2D eigenvalue weighted by Crippen LogP contribution is -2.25. The van der Waals surface area contributed by atoms with Crippen molar-refractivity contribution in [1.29, 1.82) is 0 Å². The number of benzene rings is 2. The monoisotopic (exact) mass is 367 g/mol. The number of carbonyl (C=O) groups excluding carboxylic acids is 2. The Morgan fingerprint density at radius 1 is 1.07 bits per heavy atom. The van der Waals surface area contributed by atoms with Crippen molar-refractivity contribution in [2.45, 2.75) is 12.5 Å². The zero-order valence-electron chi connectivity index (χ0n) is 14.1. The molecule has 0 N–H and O–H groups in total. The molecule has 3 aromatic rings. The van der Waals surface area contributed by atoms with Gasteiger partial charge in [0.15, 0.2) is 0 Å². The van der Waals surface area contributed by atoms with Crippen LogP contribution in [0.15, 0.2) is 59.5 Å². The summed E-state index contributed by atoms with van der Waals surface area (Å²) in [4.78, 5) is 37.1. The van der Waals surface area contributed by atoms with E-state index in [9.17, 15) is 18.8 Å². The minimum absolute atomic E-state index is 0.134. The first-order chi connectivity index (χ1) is 13.0. The first-order valence-corrected chi connectivity index (χ1v) is 8.32. The molecule has 1 aliphatic rings. The van der Waals surface area contributed by atoms with Crippen LogP contribution in [0, 0.1) is 5.82 Å². The van der Waals surface area contributed by atoms with Crippen LogP contribution in [0.4, 0.5) is 4.39 Å². The van der Waals surface area contributed by atoms with Gasteiger partial charge in [-0.25, -0.2) is 14.0 Å². The molecule has 1 aromatic heterocycles. The third-order valence-electron chi connectivity index (χ3n) is 4.39. The fraction of sp³-hybridized carbons (Fsp3) is 0.150. The van der Waals surface area contributed by atoms with Crippen LogP contribution in [0.5, 0.6) is 0 Å². The summed E-state index contributed by atoms with van der Waals surface area (Å²) in [6.07, 6.45) is 0.683. The van der Waals surface area contributed by atoms with Crippen LogP contribution < -0.4 is 5.56 Å². The average molecular weight is 367 g/mol. The summed E-state index contributed by atoms with van der Waals surface area (Å²) < 4.78 is 24.6. The molecule has 1 saturated heterocycles. The zero-order valence-corrected chi connectivity index (χ0v) is 14.1. The minimum Gasteiger partial charge on any atom is -0.463 e. The number of carbonyl (C=O) groups is 2. The second-order valence-corrected chi connectivity index (χ2v) is 6.09. The predicted molar refractivity (Wildman–Crippen MR) is 94.3 cm³/mol. The molecule has 1 atom stereocenters. The van der Waals surface area contributed by atoms with Crippen LogP contribution in [0.2, 0.25) is 0 Å². The van der Waals surface area contributed by atoms with E-state index in [1.165, 1.54) is 35.0 Å². The van der Waals surface area contributed by atoms with Gasteiger partial charge in [-0.05, 0) is 30.3 Å². The molecule has 0 saturated carbocycles. The summed E-state index contributed by atoms with van der Waals surface area (Å²) >= 11 is 0. The van der Waals surface area contributed by atoms with Crippen molar-refractivity contribution in [1.82, 2.24) is 4.57 Å². The van der Waals surface area contributed by atoms with Gasteiger partial charge in [-0.1, -0.05) is 18.2 Å². The molecule has 0 spiro atoms. The molecule has 0 aliphatic carbocycles.